The van der Waals surface area contributed by atoms with Crippen LogP contribution in [0.3, 0.4) is 0 Å². The van der Waals surface area contributed by atoms with Crippen LogP contribution in [0.25, 0.3) is 22.2 Å². The highest BCUT2D eigenvalue weighted by Gasteiger charge is 2.16. The molecule has 0 atom stereocenters. The Bertz CT molecular complexity index is 1210. The summed E-state index contributed by atoms with van der Waals surface area (Å²) in [7, 11) is 3.34. The van der Waals surface area contributed by atoms with Crippen LogP contribution < -0.4 is 9.47 Å². The van der Waals surface area contributed by atoms with Crippen LogP contribution in [0.4, 0.5) is 0 Å². The van der Waals surface area contributed by atoms with Crippen molar-refractivity contribution in [2.75, 3.05) is 14.2 Å². The Morgan fingerprint density at radius 3 is 2.25 bits per heavy atom. The van der Waals surface area contributed by atoms with Crippen LogP contribution in [0.2, 0.25) is 0 Å². The van der Waals surface area contributed by atoms with Crippen LogP contribution in [0, 0.1) is 12.8 Å². The van der Waals surface area contributed by atoms with E-state index in [4.69, 9.17) is 14.5 Å². The summed E-state index contributed by atoms with van der Waals surface area (Å²) in [5.41, 5.74) is 7.08. The topological polar surface area (TPSA) is 36.3 Å². The first-order valence-electron chi connectivity index (χ1n) is 11.3. The predicted octanol–water partition coefficient (Wildman–Crippen LogP) is 6.67. The summed E-state index contributed by atoms with van der Waals surface area (Å²) in [5.74, 6) is 3.17. The maximum Gasteiger partial charge on any atom is 0.163 e. The molecule has 4 heteroatoms. The van der Waals surface area contributed by atoms with Crippen molar-refractivity contribution in [3.8, 4) is 22.6 Å². The highest BCUT2D eigenvalue weighted by Crippen LogP contribution is 2.33. The van der Waals surface area contributed by atoms with Gasteiger partial charge in [-0.2, -0.15) is 0 Å². The van der Waals surface area contributed by atoms with Gasteiger partial charge >= 0.3 is 0 Å². The number of imidazole rings is 1. The molecular weight excluding hydrogens is 396 g/mol. The molecule has 0 unspecified atom stereocenters. The molecular formula is C28H32N2O2. The molecule has 0 radical (unpaired) electrons. The highest BCUT2D eigenvalue weighted by molar-refractivity contribution is 5.81. The number of aromatic nitrogens is 2. The Balaban J connectivity index is 1.71. The summed E-state index contributed by atoms with van der Waals surface area (Å²) in [6.45, 7) is 7.43. The molecule has 0 fully saturated rings. The van der Waals surface area contributed by atoms with Crippen molar-refractivity contribution < 1.29 is 9.47 Å². The normalized spacial score (nSPS) is 11.3. The van der Waals surface area contributed by atoms with Crippen LogP contribution in [0.5, 0.6) is 11.5 Å². The molecule has 0 aliphatic rings. The Morgan fingerprint density at radius 1 is 0.906 bits per heavy atom. The standard InChI is InChI=1S/C28H32N2O2/c1-19(2)10-15-28-29-24-16-26(31-4)27(32-5)17-25(24)30(28)18-21-11-13-22(14-12-21)23-9-7-6-8-20(23)3/h6-9,11-14,16-17,19H,10,15,18H2,1-5H3. The third kappa shape index (κ3) is 4.50. The molecule has 4 rings (SSSR count). The molecule has 4 nitrogen and oxygen atoms in total. The summed E-state index contributed by atoms with van der Waals surface area (Å²) in [6, 6.07) is 21.4. The number of nitrogens with zero attached hydrogens (tertiary/aromatic N) is 2. The largest absolute Gasteiger partial charge is 0.493 e. The van der Waals surface area contributed by atoms with Crippen LogP contribution in [0.15, 0.2) is 60.7 Å². The molecule has 0 aliphatic heterocycles. The van der Waals surface area contributed by atoms with Gasteiger partial charge in [-0.15, -0.1) is 0 Å². The second-order valence-corrected chi connectivity index (χ2v) is 8.75. The lowest BCUT2D eigenvalue weighted by molar-refractivity contribution is 0.355. The number of aryl methyl sites for hydroxylation is 2. The van der Waals surface area contributed by atoms with E-state index in [-0.39, 0.29) is 0 Å². The summed E-state index contributed by atoms with van der Waals surface area (Å²) in [4.78, 5) is 4.97. The smallest absolute Gasteiger partial charge is 0.163 e. The summed E-state index contributed by atoms with van der Waals surface area (Å²) in [5, 5.41) is 0. The maximum absolute atomic E-state index is 5.57. The number of hydrogen-bond acceptors (Lipinski definition) is 3. The Morgan fingerprint density at radius 2 is 1.59 bits per heavy atom. The fourth-order valence-electron chi connectivity index (χ4n) is 4.16. The molecule has 0 saturated heterocycles. The molecule has 1 heterocycles. The minimum Gasteiger partial charge on any atom is -0.493 e. The van der Waals surface area contributed by atoms with Gasteiger partial charge in [-0.05, 0) is 41.5 Å². The van der Waals surface area contributed by atoms with E-state index in [0.29, 0.717) is 11.7 Å². The van der Waals surface area contributed by atoms with Gasteiger partial charge in [0.15, 0.2) is 11.5 Å². The molecule has 0 saturated carbocycles. The zero-order valence-electron chi connectivity index (χ0n) is 19.7. The number of methoxy groups -OCH3 is 2. The van der Waals surface area contributed by atoms with E-state index >= 15 is 0 Å². The van der Waals surface area contributed by atoms with Crippen molar-refractivity contribution in [3.05, 3.63) is 77.6 Å². The summed E-state index contributed by atoms with van der Waals surface area (Å²) in [6.07, 6.45) is 2.04. The van der Waals surface area contributed by atoms with Crippen molar-refractivity contribution in [2.24, 2.45) is 5.92 Å². The molecule has 1 aromatic heterocycles. The number of rotatable bonds is 8. The second kappa shape index (κ2) is 9.47. The van der Waals surface area contributed by atoms with Crippen molar-refractivity contribution >= 4 is 11.0 Å². The van der Waals surface area contributed by atoms with Gasteiger partial charge in [0.1, 0.15) is 5.82 Å². The van der Waals surface area contributed by atoms with Crippen molar-refractivity contribution in [1.29, 1.82) is 0 Å². The van der Waals surface area contributed by atoms with E-state index in [2.05, 4.69) is 73.9 Å². The van der Waals surface area contributed by atoms with Crippen LogP contribution in [-0.4, -0.2) is 23.8 Å². The third-order valence-corrected chi connectivity index (χ3v) is 6.03. The molecule has 0 spiro atoms. The zero-order chi connectivity index (χ0) is 22.7. The minimum absolute atomic E-state index is 0.626. The minimum atomic E-state index is 0.626. The zero-order valence-corrected chi connectivity index (χ0v) is 19.7. The lowest BCUT2D eigenvalue weighted by atomic mass is 9.99. The first-order valence-corrected chi connectivity index (χ1v) is 11.3. The van der Waals surface area contributed by atoms with Gasteiger partial charge in [0.2, 0.25) is 0 Å². The molecule has 0 amide bonds. The molecule has 32 heavy (non-hydrogen) atoms. The SMILES string of the molecule is COc1cc2nc(CCC(C)C)n(Cc3ccc(-c4ccccc4C)cc3)c2cc1OC. The van der Waals surface area contributed by atoms with Gasteiger partial charge in [-0.1, -0.05) is 62.4 Å². The molecule has 166 valence electrons. The van der Waals surface area contributed by atoms with E-state index in [0.717, 1.165) is 42.0 Å². The average Bonchev–Trinajstić information content (AvgIpc) is 3.13. The third-order valence-electron chi connectivity index (χ3n) is 6.03. The fourth-order valence-corrected chi connectivity index (χ4v) is 4.16. The molecule has 0 aliphatic carbocycles. The molecule has 3 aromatic carbocycles. The Kier molecular flexibility index (Phi) is 6.50. The van der Waals surface area contributed by atoms with Crippen LogP contribution in [-0.2, 0) is 13.0 Å². The Hall–Kier alpha value is -3.27. The highest BCUT2D eigenvalue weighted by atomic mass is 16.5. The number of fused-ring (bicyclic) bond motifs is 1. The van der Waals surface area contributed by atoms with Gasteiger partial charge in [0.05, 0.1) is 25.3 Å². The first kappa shape index (κ1) is 21.9. The molecule has 4 aromatic rings. The number of hydrogen-bond donors (Lipinski definition) is 0. The van der Waals surface area contributed by atoms with E-state index in [1.807, 2.05) is 12.1 Å². The monoisotopic (exact) mass is 428 g/mol. The van der Waals surface area contributed by atoms with E-state index < -0.39 is 0 Å². The van der Waals surface area contributed by atoms with E-state index in [1.165, 1.54) is 22.3 Å². The van der Waals surface area contributed by atoms with E-state index in [1.54, 1.807) is 14.2 Å². The van der Waals surface area contributed by atoms with Gasteiger partial charge in [0, 0.05) is 25.1 Å². The van der Waals surface area contributed by atoms with Gasteiger partial charge < -0.3 is 14.0 Å². The first-order chi connectivity index (χ1) is 15.5. The lowest BCUT2D eigenvalue weighted by Crippen LogP contribution is -2.07. The summed E-state index contributed by atoms with van der Waals surface area (Å²) < 4.78 is 13.4. The van der Waals surface area contributed by atoms with Crippen molar-refractivity contribution in [1.82, 2.24) is 9.55 Å². The lowest BCUT2D eigenvalue weighted by Gasteiger charge is -2.13. The van der Waals surface area contributed by atoms with Gasteiger partial charge in [0.25, 0.3) is 0 Å². The fraction of sp³-hybridized carbons (Fsp3) is 0.321. The quantitative estimate of drug-likeness (QED) is 0.315. The maximum atomic E-state index is 5.57. The average molecular weight is 429 g/mol. The predicted molar refractivity (Wildman–Crippen MR) is 132 cm³/mol. The van der Waals surface area contributed by atoms with Crippen LogP contribution >= 0.6 is 0 Å². The number of benzene rings is 3. The number of ether oxygens (including phenoxy) is 2. The summed E-state index contributed by atoms with van der Waals surface area (Å²) >= 11 is 0. The van der Waals surface area contributed by atoms with Gasteiger partial charge in [-0.25, -0.2) is 4.98 Å². The van der Waals surface area contributed by atoms with Crippen LogP contribution in [0.1, 0.15) is 37.2 Å². The van der Waals surface area contributed by atoms with Crippen molar-refractivity contribution in [2.45, 2.75) is 40.2 Å². The molecule has 0 N–H and O–H groups in total. The van der Waals surface area contributed by atoms with E-state index in [9.17, 15) is 0 Å². The van der Waals surface area contributed by atoms with Gasteiger partial charge in [-0.3, -0.25) is 0 Å². The van der Waals surface area contributed by atoms with Crippen molar-refractivity contribution in [3.63, 3.8) is 0 Å². The second-order valence-electron chi connectivity index (χ2n) is 8.75. The molecule has 0 bridgehead atoms. The Labute approximate surface area is 190 Å².